The second-order valence-electron chi connectivity index (χ2n) is 3.88. The number of carbonyl (C=O) groups is 1. The average Bonchev–Trinajstić information content (AvgIpc) is 3.12. The first-order valence-corrected chi connectivity index (χ1v) is 6.24. The van der Waals surface area contributed by atoms with Crippen molar-refractivity contribution in [2.75, 3.05) is 18.5 Å². The van der Waals surface area contributed by atoms with Crippen LogP contribution in [0.15, 0.2) is 12.0 Å². The third-order valence-electron chi connectivity index (χ3n) is 2.46. The summed E-state index contributed by atoms with van der Waals surface area (Å²) in [6.45, 7) is 0.865. The number of anilines is 1. The van der Waals surface area contributed by atoms with Gasteiger partial charge in [0.1, 0.15) is 24.5 Å². The summed E-state index contributed by atoms with van der Waals surface area (Å²) in [5.41, 5.74) is 0. The van der Waals surface area contributed by atoms with Crippen LogP contribution in [0.3, 0.4) is 0 Å². The maximum absolute atomic E-state index is 11.7. The number of aromatic nitrogens is 2. The van der Waals surface area contributed by atoms with Crippen molar-refractivity contribution in [1.29, 1.82) is 0 Å². The number of hydrogen-bond donors (Lipinski definition) is 1. The molecule has 1 fully saturated rings. The number of nitrogens with one attached hydrogen (secondary N) is 1. The molecule has 1 aliphatic carbocycles. The lowest BCUT2D eigenvalue weighted by Gasteiger charge is -2.13. The molecule has 1 saturated carbocycles. The standard InChI is InChI=1S/C10H11N3O3S/c14-8(7-5-15-3-4-16-7)11-10-13-12-9(17-10)6-1-2-6/h5-6H,1-4H2,(H,11,13,14). The van der Waals surface area contributed by atoms with Crippen LogP contribution in [-0.4, -0.2) is 29.3 Å². The van der Waals surface area contributed by atoms with Gasteiger partial charge in [-0.15, -0.1) is 10.2 Å². The van der Waals surface area contributed by atoms with Crippen LogP contribution >= 0.6 is 11.3 Å². The van der Waals surface area contributed by atoms with Gasteiger partial charge in [0.2, 0.25) is 10.9 Å². The molecule has 0 aromatic carbocycles. The quantitative estimate of drug-likeness (QED) is 0.877. The first kappa shape index (κ1) is 10.5. The Hall–Kier alpha value is -1.63. The molecule has 0 unspecified atom stereocenters. The Morgan fingerprint density at radius 2 is 2.29 bits per heavy atom. The maximum Gasteiger partial charge on any atom is 0.295 e. The van der Waals surface area contributed by atoms with E-state index in [-0.39, 0.29) is 11.7 Å². The van der Waals surface area contributed by atoms with Gasteiger partial charge in [0.05, 0.1) is 0 Å². The van der Waals surface area contributed by atoms with Crippen LogP contribution in [0.2, 0.25) is 0 Å². The minimum Gasteiger partial charge on any atom is -0.494 e. The van der Waals surface area contributed by atoms with E-state index < -0.39 is 0 Å². The van der Waals surface area contributed by atoms with Crippen molar-refractivity contribution in [1.82, 2.24) is 10.2 Å². The third kappa shape index (κ3) is 2.38. The number of hydrogen-bond acceptors (Lipinski definition) is 6. The van der Waals surface area contributed by atoms with E-state index in [1.165, 1.54) is 30.4 Å². The van der Waals surface area contributed by atoms with Crippen molar-refractivity contribution < 1.29 is 14.3 Å². The third-order valence-corrected chi connectivity index (χ3v) is 3.46. The summed E-state index contributed by atoms with van der Waals surface area (Å²) in [5.74, 6) is 0.384. The monoisotopic (exact) mass is 253 g/mol. The van der Waals surface area contributed by atoms with Crippen LogP contribution in [0.25, 0.3) is 0 Å². The molecular weight excluding hydrogens is 242 g/mol. The van der Waals surface area contributed by atoms with Gasteiger partial charge < -0.3 is 9.47 Å². The minimum absolute atomic E-state index is 0.180. The Morgan fingerprint density at radius 1 is 1.41 bits per heavy atom. The molecular formula is C10H11N3O3S. The fourth-order valence-corrected chi connectivity index (χ4v) is 2.33. The zero-order chi connectivity index (χ0) is 11.7. The topological polar surface area (TPSA) is 73.3 Å². The summed E-state index contributed by atoms with van der Waals surface area (Å²) < 4.78 is 10.2. The molecule has 1 N–H and O–H groups in total. The molecule has 3 rings (SSSR count). The van der Waals surface area contributed by atoms with Gasteiger partial charge in [-0.2, -0.15) is 0 Å². The van der Waals surface area contributed by atoms with E-state index >= 15 is 0 Å². The van der Waals surface area contributed by atoms with E-state index in [4.69, 9.17) is 9.47 Å². The Morgan fingerprint density at radius 3 is 3.00 bits per heavy atom. The van der Waals surface area contributed by atoms with Gasteiger partial charge in [0.15, 0.2) is 0 Å². The lowest BCUT2D eigenvalue weighted by atomic mass is 10.5. The van der Waals surface area contributed by atoms with Crippen molar-refractivity contribution in [3.63, 3.8) is 0 Å². The van der Waals surface area contributed by atoms with E-state index in [1.807, 2.05) is 0 Å². The summed E-state index contributed by atoms with van der Waals surface area (Å²) >= 11 is 1.42. The van der Waals surface area contributed by atoms with Gasteiger partial charge in [0.25, 0.3) is 5.91 Å². The molecule has 0 bridgehead atoms. The molecule has 1 aromatic heterocycles. The second kappa shape index (κ2) is 4.33. The normalized spacial score (nSPS) is 18.9. The van der Waals surface area contributed by atoms with Crippen LogP contribution < -0.4 is 5.32 Å². The Balaban J connectivity index is 1.64. The summed E-state index contributed by atoms with van der Waals surface area (Å²) in [5, 5.41) is 12.1. The largest absolute Gasteiger partial charge is 0.494 e. The molecule has 1 amide bonds. The number of rotatable bonds is 3. The van der Waals surface area contributed by atoms with E-state index in [0.29, 0.717) is 24.3 Å². The zero-order valence-electron chi connectivity index (χ0n) is 9.01. The average molecular weight is 253 g/mol. The lowest BCUT2D eigenvalue weighted by molar-refractivity contribution is -0.117. The summed E-state index contributed by atoms with van der Waals surface area (Å²) in [7, 11) is 0. The van der Waals surface area contributed by atoms with Crippen molar-refractivity contribution in [2.45, 2.75) is 18.8 Å². The van der Waals surface area contributed by atoms with Crippen LogP contribution in [-0.2, 0) is 14.3 Å². The summed E-state index contributed by atoms with van der Waals surface area (Å²) in [6.07, 6.45) is 3.66. The van der Waals surface area contributed by atoms with Gasteiger partial charge in [-0.05, 0) is 12.8 Å². The van der Waals surface area contributed by atoms with Crippen molar-refractivity contribution >= 4 is 22.4 Å². The summed E-state index contributed by atoms with van der Waals surface area (Å²) in [4.78, 5) is 11.7. The Kier molecular flexibility index (Phi) is 2.68. The predicted molar refractivity (Wildman–Crippen MR) is 60.5 cm³/mol. The van der Waals surface area contributed by atoms with Gasteiger partial charge >= 0.3 is 0 Å². The molecule has 6 nitrogen and oxygen atoms in total. The van der Waals surface area contributed by atoms with E-state index in [2.05, 4.69) is 15.5 Å². The molecule has 2 heterocycles. The van der Waals surface area contributed by atoms with Crippen LogP contribution in [0.5, 0.6) is 0 Å². The zero-order valence-corrected chi connectivity index (χ0v) is 9.83. The lowest BCUT2D eigenvalue weighted by Crippen LogP contribution is -2.21. The van der Waals surface area contributed by atoms with Crippen molar-refractivity contribution in [3.8, 4) is 0 Å². The smallest absolute Gasteiger partial charge is 0.295 e. The number of amides is 1. The Labute approximate surface area is 102 Å². The van der Waals surface area contributed by atoms with E-state index in [9.17, 15) is 4.79 Å². The maximum atomic E-state index is 11.7. The number of nitrogens with zero attached hydrogens (tertiary/aromatic N) is 2. The SMILES string of the molecule is O=C(Nc1nnc(C2CC2)s1)C1=COCCO1. The molecule has 0 spiro atoms. The van der Waals surface area contributed by atoms with Gasteiger partial charge in [-0.25, -0.2) is 0 Å². The molecule has 1 aliphatic heterocycles. The highest BCUT2D eigenvalue weighted by Gasteiger charge is 2.28. The fourth-order valence-electron chi connectivity index (χ4n) is 1.43. The highest BCUT2D eigenvalue weighted by atomic mass is 32.1. The molecule has 0 atom stereocenters. The predicted octanol–water partition coefficient (Wildman–Crippen LogP) is 1.24. The number of ether oxygens (including phenoxy) is 2. The highest BCUT2D eigenvalue weighted by Crippen LogP contribution is 2.42. The molecule has 17 heavy (non-hydrogen) atoms. The molecule has 2 aliphatic rings. The van der Waals surface area contributed by atoms with Crippen LogP contribution in [0, 0.1) is 0 Å². The molecule has 0 radical (unpaired) electrons. The summed E-state index contributed by atoms with van der Waals surface area (Å²) in [6, 6.07) is 0. The first-order valence-electron chi connectivity index (χ1n) is 5.42. The van der Waals surface area contributed by atoms with Crippen LogP contribution in [0.4, 0.5) is 5.13 Å². The molecule has 7 heteroatoms. The van der Waals surface area contributed by atoms with E-state index in [1.54, 1.807) is 0 Å². The minimum atomic E-state index is -0.344. The Bertz CT molecular complexity index is 467. The second-order valence-corrected chi connectivity index (χ2v) is 4.88. The van der Waals surface area contributed by atoms with Gasteiger partial charge in [-0.3, -0.25) is 10.1 Å². The van der Waals surface area contributed by atoms with Crippen molar-refractivity contribution in [2.24, 2.45) is 0 Å². The molecule has 0 saturated heterocycles. The van der Waals surface area contributed by atoms with Gasteiger partial charge in [-0.1, -0.05) is 11.3 Å². The molecule has 90 valence electrons. The van der Waals surface area contributed by atoms with Gasteiger partial charge in [0, 0.05) is 5.92 Å². The first-order chi connectivity index (χ1) is 8.33. The highest BCUT2D eigenvalue weighted by molar-refractivity contribution is 7.15. The van der Waals surface area contributed by atoms with E-state index in [0.717, 1.165) is 5.01 Å². The van der Waals surface area contributed by atoms with Crippen molar-refractivity contribution in [3.05, 3.63) is 17.0 Å². The fraction of sp³-hybridized carbons (Fsp3) is 0.500. The van der Waals surface area contributed by atoms with Crippen LogP contribution in [0.1, 0.15) is 23.8 Å². The number of carbonyl (C=O) groups excluding carboxylic acids is 1. The molecule has 1 aromatic rings.